The molecule has 0 fully saturated rings. The SMILES string of the molecule is CCc1ccc(C(C)(O)c2cccc(F)c2F)cc1. The summed E-state index contributed by atoms with van der Waals surface area (Å²) in [6, 6.07) is 11.1. The van der Waals surface area contributed by atoms with Gasteiger partial charge in [0.15, 0.2) is 11.6 Å². The predicted octanol–water partition coefficient (Wildman–Crippen LogP) is 3.78. The van der Waals surface area contributed by atoms with E-state index < -0.39 is 17.2 Å². The van der Waals surface area contributed by atoms with Gasteiger partial charge >= 0.3 is 0 Å². The summed E-state index contributed by atoms with van der Waals surface area (Å²) < 4.78 is 27.1. The maximum Gasteiger partial charge on any atom is 0.165 e. The lowest BCUT2D eigenvalue weighted by atomic mass is 9.87. The van der Waals surface area contributed by atoms with Gasteiger partial charge in [0.2, 0.25) is 0 Å². The standard InChI is InChI=1S/C16H16F2O/c1-3-11-7-9-12(10-8-11)16(2,19)13-5-4-6-14(17)15(13)18/h4-10,19H,3H2,1-2H3. The van der Waals surface area contributed by atoms with Crippen LogP contribution in [0.15, 0.2) is 42.5 Å². The van der Waals surface area contributed by atoms with Gasteiger partial charge in [-0.2, -0.15) is 0 Å². The highest BCUT2D eigenvalue weighted by molar-refractivity contribution is 5.37. The van der Waals surface area contributed by atoms with Crippen molar-refractivity contribution >= 4 is 0 Å². The molecule has 2 aromatic carbocycles. The molecule has 19 heavy (non-hydrogen) atoms. The number of aryl methyl sites for hydroxylation is 1. The van der Waals surface area contributed by atoms with E-state index in [1.54, 1.807) is 12.1 Å². The summed E-state index contributed by atoms with van der Waals surface area (Å²) in [4.78, 5) is 0. The average molecular weight is 262 g/mol. The summed E-state index contributed by atoms with van der Waals surface area (Å²) in [6.45, 7) is 3.49. The van der Waals surface area contributed by atoms with Gasteiger partial charge in [-0.1, -0.05) is 43.3 Å². The molecule has 3 heteroatoms. The van der Waals surface area contributed by atoms with Crippen LogP contribution in [-0.4, -0.2) is 5.11 Å². The van der Waals surface area contributed by atoms with E-state index in [9.17, 15) is 13.9 Å². The lowest BCUT2D eigenvalue weighted by molar-refractivity contribution is 0.0970. The van der Waals surface area contributed by atoms with E-state index in [-0.39, 0.29) is 5.56 Å². The molecule has 1 N–H and O–H groups in total. The Morgan fingerprint density at radius 1 is 1.05 bits per heavy atom. The zero-order chi connectivity index (χ0) is 14.0. The maximum atomic E-state index is 13.8. The smallest absolute Gasteiger partial charge is 0.165 e. The molecule has 100 valence electrons. The fourth-order valence-electron chi connectivity index (χ4n) is 2.10. The van der Waals surface area contributed by atoms with Crippen molar-refractivity contribution in [2.75, 3.05) is 0 Å². The van der Waals surface area contributed by atoms with Crippen LogP contribution in [0.1, 0.15) is 30.5 Å². The molecule has 0 aliphatic carbocycles. The molecule has 2 aromatic rings. The van der Waals surface area contributed by atoms with Crippen molar-refractivity contribution < 1.29 is 13.9 Å². The Bertz CT molecular complexity index is 574. The van der Waals surface area contributed by atoms with Crippen molar-refractivity contribution in [2.45, 2.75) is 25.9 Å². The molecule has 0 radical (unpaired) electrons. The summed E-state index contributed by atoms with van der Waals surface area (Å²) in [5, 5.41) is 10.5. The molecule has 2 rings (SSSR count). The largest absolute Gasteiger partial charge is 0.381 e. The Balaban J connectivity index is 2.48. The van der Waals surface area contributed by atoms with E-state index in [1.807, 2.05) is 19.1 Å². The molecule has 0 spiro atoms. The predicted molar refractivity (Wildman–Crippen MR) is 70.9 cm³/mol. The van der Waals surface area contributed by atoms with Crippen molar-refractivity contribution in [3.63, 3.8) is 0 Å². The van der Waals surface area contributed by atoms with Crippen LogP contribution in [0.3, 0.4) is 0 Å². The second-order valence-electron chi connectivity index (χ2n) is 4.72. The first kappa shape index (κ1) is 13.7. The van der Waals surface area contributed by atoms with E-state index in [4.69, 9.17) is 0 Å². The molecule has 1 unspecified atom stereocenters. The minimum Gasteiger partial charge on any atom is -0.381 e. The summed E-state index contributed by atoms with van der Waals surface area (Å²) in [7, 11) is 0. The van der Waals surface area contributed by atoms with E-state index in [1.165, 1.54) is 19.1 Å². The first-order chi connectivity index (χ1) is 8.96. The summed E-state index contributed by atoms with van der Waals surface area (Å²) in [6.07, 6.45) is 0.886. The van der Waals surface area contributed by atoms with Crippen molar-refractivity contribution in [3.05, 3.63) is 70.8 Å². The van der Waals surface area contributed by atoms with Crippen molar-refractivity contribution in [1.82, 2.24) is 0 Å². The van der Waals surface area contributed by atoms with Crippen LogP contribution in [0.5, 0.6) is 0 Å². The maximum absolute atomic E-state index is 13.8. The molecule has 0 bridgehead atoms. The van der Waals surface area contributed by atoms with E-state index in [0.717, 1.165) is 18.1 Å². The van der Waals surface area contributed by atoms with Gasteiger partial charge in [-0.15, -0.1) is 0 Å². The Morgan fingerprint density at radius 3 is 2.26 bits per heavy atom. The van der Waals surface area contributed by atoms with Gasteiger partial charge in [-0.05, 0) is 30.5 Å². The van der Waals surface area contributed by atoms with Crippen LogP contribution < -0.4 is 0 Å². The zero-order valence-corrected chi connectivity index (χ0v) is 11.0. The first-order valence-corrected chi connectivity index (χ1v) is 6.23. The minimum atomic E-state index is -1.56. The van der Waals surface area contributed by atoms with Crippen LogP contribution in [0, 0.1) is 11.6 Å². The first-order valence-electron chi connectivity index (χ1n) is 6.23. The van der Waals surface area contributed by atoms with Gasteiger partial charge in [-0.3, -0.25) is 0 Å². The topological polar surface area (TPSA) is 20.2 Å². The third-order valence-electron chi connectivity index (χ3n) is 3.40. The van der Waals surface area contributed by atoms with Crippen molar-refractivity contribution in [3.8, 4) is 0 Å². The molecular formula is C16H16F2O. The van der Waals surface area contributed by atoms with Crippen molar-refractivity contribution in [1.29, 1.82) is 0 Å². The minimum absolute atomic E-state index is 0.0586. The average Bonchev–Trinajstić information content (AvgIpc) is 2.41. The van der Waals surface area contributed by atoms with Crippen LogP contribution in [0.4, 0.5) is 8.78 Å². The molecule has 1 nitrogen and oxygen atoms in total. The van der Waals surface area contributed by atoms with Gasteiger partial charge in [0.25, 0.3) is 0 Å². The molecule has 0 aliphatic heterocycles. The van der Waals surface area contributed by atoms with Crippen LogP contribution in [0.25, 0.3) is 0 Å². The normalized spacial score (nSPS) is 14.2. The lowest BCUT2D eigenvalue weighted by Crippen LogP contribution is -2.24. The summed E-state index contributed by atoms with van der Waals surface area (Å²) in [5.74, 6) is -1.96. The molecule has 0 aromatic heterocycles. The Kier molecular flexibility index (Phi) is 3.67. The molecular weight excluding hydrogens is 246 g/mol. The van der Waals surface area contributed by atoms with Gasteiger partial charge < -0.3 is 5.11 Å². The molecule has 0 heterocycles. The molecule has 0 amide bonds. The number of halogens is 2. The fraction of sp³-hybridized carbons (Fsp3) is 0.250. The van der Waals surface area contributed by atoms with Crippen LogP contribution in [0.2, 0.25) is 0 Å². The Labute approximate surface area is 111 Å². The van der Waals surface area contributed by atoms with Gasteiger partial charge in [0.05, 0.1) is 0 Å². The Hall–Kier alpha value is -1.74. The summed E-state index contributed by atoms with van der Waals surface area (Å²) in [5.41, 5.74) is 0.0450. The third-order valence-corrected chi connectivity index (χ3v) is 3.40. The van der Waals surface area contributed by atoms with Gasteiger partial charge in [0, 0.05) is 5.56 Å². The molecule has 0 saturated heterocycles. The number of hydrogen-bond donors (Lipinski definition) is 1. The quantitative estimate of drug-likeness (QED) is 0.892. The fourth-order valence-corrected chi connectivity index (χ4v) is 2.10. The molecule has 1 atom stereocenters. The van der Waals surface area contributed by atoms with E-state index >= 15 is 0 Å². The van der Waals surface area contributed by atoms with Gasteiger partial charge in [0.1, 0.15) is 5.60 Å². The van der Waals surface area contributed by atoms with Crippen molar-refractivity contribution in [2.24, 2.45) is 0 Å². The highest BCUT2D eigenvalue weighted by Crippen LogP contribution is 2.31. The third kappa shape index (κ3) is 2.51. The number of hydrogen-bond acceptors (Lipinski definition) is 1. The monoisotopic (exact) mass is 262 g/mol. The highest BCUT2D eigenvalue weighted by atomic mass is 19.2. The zero-order valence-electron chi connectivity index (χ0n) is 11.0. The number of benzene rings is 2. The second-order valence-corrected chi connectivity index (χ2v) is 4.72. The number of rotatable bonds is 3. The van der Waals surface area contributed by atoms with Crippen LogP contribution >= 0.6 is 0 Å². The molecule has 0 aliphatic rings. The Morgan fingerprint density at radius 2 is 1.68 bits per heavy atom. The highest BCUT2D eigenvalue weighted by Gasteiger charge is 2.29. The summed E-state index contributed by atoms with van der Waals surface area (Å²) >= 11 is 0. The lowest BCUT2D eigenvalue weighted by Gasteiger charge is -2.25. The number of aliphatic hydroxyl groups is 1. The van der Waals surface area contributed by atoms with E-state index in [0.29, 0.717) is 5.56 Å². The van der Waals surface area contributed by atoms with E-state index in [2.05, 4.69) is 0 Å². The van der Waals surface area contributed by atoms with Crippen LogP contribution in [-0.2, 0) is 12.0 Å². The van der Waals surface area contributed by atoms with Gasteiger partial charge in [-0.25, -0.2) is 8.78 Å². The molecule has 0 saturated carbocycles. The second kappa shape index (κ2) is 5.10.